The molecule has 9 heteroatoms. The highest BCUT2D eigenvalue weighted by molar-refractivity contribution is 6.06. The summed E-state index contributed by atoms with van der Waals surface area (Å²) in [6.45, 7) is 3.24. The minimum absolute atomic E-state index is 0.0543. The Kier molecular flexibility index (Phi) is 3.95. The largest absolute Gasteiger partial charge is 0.379 e. The van der Waals surface area contributed by atoms with Crippen molar-refractivity contribution in [2.24, 2.45) is 5.92 Å². The molecular formula is C21H21N7O2. The van der Waals surface area contributed by atoms with E-state index in [0.29, 0.717) is 26.3 Å². The van der Waals surface area contributed by atoms with Gasteiger partial charge in [0.1, 0.15) is 12.1 Å². The number of nitrogens with zero attached hydrogens (tertiary/aromatic N) is 5. The molecule has 2 bridgehead atoms. The Morgan fingerprint density at radius 3 is 3.03 bits per heavy atom. The van der Waals surface area contributed by atoms with Crippen LogP contribution < -0.4 is 4.90 Å². The summed E-state index contributed by atoms with van der Waals surface area (Å²) in [5.41, 5.74) is 2.42. The summed E-state index contributed by atoms with van der Waals surface area (Å²) in [6.07, 6.45) is 5.19. The first-order valence-corrected chi connectivity index (χ1v) is 10.1. The van der Waals surface area contributed by atoms with Crippen molar-refractivity contribution in [3.05, 3.63) is 48.5 Å². The van der Waals surface area contributed by atoms with Gasteiger partial charge >= 0.3 is 0 Å². The van der Waals surface area contributed by atoms with Gasteiger partial charge in [-0.05, 0) is 18.2 Å². The number of amides is 1. The van der Waals surface area contributed by atoms with Crippen LogP contribution in [0.1, 0.15) is 10.4 Å². The minimum atomic E-state index is -0.0592. The number of carbonyl (C=O) groups is 1. The number of anilines is 1. The Hall–Kier alpha value is -3.46. The normalized spacial score (nSPS) is 21.9. The number of H-pyrrole nitrogens is 2. The van der Waals surface area contributed by atoms with Crippen LogP contribution in [0.3, 0.4) is 0 Å². The van der Waals surface area contributed by atoms with E-state index in [4.69, 9.17) is 4.74 Å². The highest BCUT2D eigenvalue weighted by Gasteiger charge is 2.37. The van der Waals surface area contributed by atoms with Crippen molar-refractivity contribution in [3.8, 4) is 0 Å². The van der Waals surface area contributed by atoms with Crippen molar-refractivity contribution in [2.45, 2.75) is 6.04 Å². The first-order valence-electron chi connectivity index (χ1n) is 10.1. The quantitative estimate of drug-likeness (QED) is 0.529. The van der Waals surface area contributed by atoms with Gasteiger partial charge < -0.3 is 19.5 Å². The maximum Gasteiger partial charge on any atom is 0.254 e. The maximum atomic E-state index is 13.6. The van der Waals surface area contributed by atoms with Gasteiger partial charge in [0.05, 0.1) is 30.8 Å². The molecule has 30 heavy (non-hydrogen) atoms. The van der Waals surface area contributed by atoms with E-state index in [1.807, 2.05) is 35.4 Å². The van der Waals surface area contributed by atoms with Crippen molar-refractivity contribution in [2.75, 3.05) is 37.7 Å². The van der Waals surface area contributed by atoms with Crippen LogP contribution in [0.5, 0.6) is 0 Å². The van der Waals surface area contributed by atoms with Crippen LogP contribution in [0.2, 0.25) is 0 Å². The molecule has 0 saturated carbocycles. The number of hydrogen-bond acceptors (Lipinski definition) is 6. The summed E-state index contributed by atoms with van der Waals surface area (Å²) in [4.78, 5) is 29.8. The second kappa shape index (κ2) is 6.81. The molecule has 2 atom stereocenters. The van der Waals surface area contributed by atoms with Crippen molar-refractivity contribution >= 4 is 33.7 Å². The van der Waals surface area contributed by atoms with Crippen LogP contribution in [0, 0.1) is 5.92 Å². The number of benzene rings is 1. The molecule has 6 rings (SSSR count). The Labute approximate surface area is 172 Å². The molecular weight excluding hydrogens is 382 g/mol. The molecule has 5 heterocycles. The summed E-state index contributed by atoms with van der Waals surface area (Å²) >= 11 is 0. The number of carbonyl (C=O) groups excluding carboxylic acids is 1. The standard InChI is InChI=1S/C21H21N7O2/c29-21(16-2-1-3-18-15(16)4-5-22-18)28-8-13-7-27(9-14(28)11-30-10-13)20-17-6-25-26-19(17)23-12-24-20/h1-6,12-14,22H,7-11H2,(H,23,24,25,26)/t13-,14-/m0/s1. The number of nitrogens with one attached hydrogen (secondary N) is 2. The van der Waals surface area contributed by atoms with E-state index in [1.54, 1.807) is 12.5 Å². The fourth-order valence-electron chi connectivity index (χ4n) is 4.70. The average Bonchev–Trinajstić information content (AvgIpc) is 3.34. The molecule has 2 N–H and O–H groups in total. The Balaban J connectivity index is 1.37. The fourth-order valence-corrected chi connectivity index (χ4v) is 4.70. The van der Waals surface area contributed by atoms with E-state index in [0.717, 1.165) is 39.9 Å². The zero-order chi connectivity index (χ0) is 20.1. The SMILES string of the molecule is O=C(c1cccc2[nH]ccc12)N1C[C@H]2COC[C@@H]1CN(c1ncnc3[nH]ncc13)C2. The second-order valence-corrected chi connectivity index (χ2v) is 7.99. The maximum absolute atomic E-state index is 13.6. The third-order valence-corrected chi connectivity index (χ3v) is 6.08. The Bertz CT molecular complexity index is 1230. The summed E-state index contributed by atoms with van der Waals surface area (Å²) in [7, 11) is 0. The van der Waals surface area contributed by atoms with E-state index in [2.05, 4.69) is 30.0 Å². The number of aromatic nitrogens is 5. The topological polar surface area (TPSA) is 103 Å². The lowest BCUT2D eigenvalue weighted by Gasteiger charge is -2.32. The van der Waals surface area contributed by atoms with Gasteiger partial charge in [-0.25, -0.2) is 9.97 Å². The minimum Gasteiger partial charge on any atom is -0.379 e. The molecule has 1 aromatic carbocycles. The molecule has 2 saturated heterocycles. The van der Waals surface area contributed by atoms with E-state index < -0.39 is 0 Å². The zero-order valence-corrected chi connectivity index (χ0v) is 16.3. The first kappa shape index (κ1) is 17.4. The van der Waals surface area contributed by atoms with Gasteiger partial charge in [0.25, 0.3) is 5.91 Å². The molecule has 9 nitrogen and oxygen atoms in total. The third kappa shape index (κ3) is 2.73. The number of ether oxygens (including phenoxy) is 1. The molecule has 1 amide bonds. The van der Waals surface area contributed by atoms with Crippen LogP contribution in [0.15, 0.2) is 43.0 Å². The van der Waals surface area contributed by atoms with Gasteiger partial charge in [-0.3, -0.25) is 9.89 Å². The summed E-state index contributed by atoms with van der Waals surface area (Å²) < 4.78 is 5.93. The van der Waals surface area contributed by atoms with Crippen LogP contribution in [0.4, 0.5) is 5.82 Å². The lowest BCUT2D eigenvalue weighted by Crippen LogP contribution is -2.46. The van der Waals surface area contributed by atoms with E-state index in [1.165, 1.54) is 0 Å². The van der Waals surface area contributed by atoms with Gasteiger partial charge in [0.15, 0.2) is 5.65 Å². The predicted octanol–water partition coefficient (Wildman–Crippen LogP) is 1.81. The zero-order valence-electron chi connectivity index (χ0n) is 16.3. The Morgan fingerprint density at radius 2 is 2.07 bits per heavy atom. The van der Waals surface area contributed by atoms with Crippen molar-refractivity contribution in [1.82, 2.24) is 30.0 Å². The third-order valence-electron chi connectivity index (χ3n) is 6.08. The van der Waals surface area contributed by atoms with Gasteiger partial charge in [-0.1, -0.05) is 6.07 Å². The predicted molar refractivity (Wildman–Crippen MR) is 111 cm³/mol. The van der Waals surface area contributed by atoms with Crippen molar-refractivity contribution in [3.63, 3.8) is 0 Å². The highest BCUT2D eigenvalue weighted by Crippen LogP contribution is 2.29. The number of hydrogen-bond donors (Lipinski definition) is 2. The molecule has 2 aliphatic heterocycles. The average molecular weight is 403 g/mol. The molecule has 0 spiro atoms. The van der Waals surface area contributed by atoms with Gasteiger partial charge in [0.2, 0.25) is 0 Å². The van der Waals surface area contributed by atoms with Crippen LogP contribution in [-0.2, 0) is 4.74 Å². The smallest absolute Gasteiger partial charge is 0.254 e. The first-order chi connectivity index (χ1) is 14.8. The van der Waals surface area contributed by atoms with E-state index in [-0.39, 0.29) is 17.9 Å². The molecule has 0 aliphatic carbocycles. The summed E-state index contributed by atoms with van der Waals surface area (Å²) in [5.74, 6) is 1.11. The molecule has 2 aliphatic rings. The van der Waals surface area contributed by atoms with Gasteiger partial charge in [-0.15, -0.1) is 0 Å². The second-order valence-electron chi connectivity index (χ2n) is 7.99. The monoisotopic (exact) mass is 403 g/mol. The Morgan fingerprint density at radius 1 is 1.10 bits per heavy atom. The lowest BCUT2D eigenvalue weighted by atomic mass is 10.1. The molecule has 4 aromatic rings. The van der Waals surface area contributed by atoms with Crippen molar-refractivity contribution in [1.29, 1.82) is 0 Å². The molecule has 0 radical (unpaired) electrons. The van der Waals surface area contributed by atoms with Crippen LogP contribution in [-0.4, -0.2) is 74.8 Å². The van der Waals surface area contributed by atoms with Crippen LogP contribution in [0.25, 0.3) is 21.9 Å². The summed E-state index contributed by atoms with van der Waals surface area (Å²) in [5, 5.41) is 8.87. The van der Waals surface area contributed by atoms with Crippen LogP contribution >= 0.6 is 0 Å². The molecule has 2 fully saturated rings. The highest BCUT2D eigenvalue weighted by atomic mass is 16.5. The van der Waals surface area contributed by atoms with Gasteiger partial charge in [-0.2, -0.15) is 5.10 Å². The number of fused-ring (bicyclic) bond motifs is 5. The fraction of sp³-hybridized carbons (Fsp3) is 0.333. The molecule has 0 unspecified atom stereocenters. The lowest BCUT2D eigenvalue weighted by molar-refractivity contribution is 0.0613. The molecule has 3 aromatic heterocycles. The number of rotatable bonds is 2. The summed E-state index contributed by atoms with van der Waals surface area (Å²) in [6, 6.07) is 7.73. The van der Waals surface area contributed by atoms with E-state index in [9.17, 15) is 4.79 Å². The van der Waals surface area contributed by atoms with Gasteiger partial charge in [0, 0.05) is 48.2 Å². The molecule has 152 valence electrons. The van der Waals surface area contributed by atoms with E-state index >= 15 is 0 Å². The number of aromatic amines is 2. The van der Waals surface area contributed by atoms with Crippen molar-refractivity contribution < 1.29 is 9.53 Å².